The Labute approximate surface area is 134 Å². The van der Waals surface area contributed by atoms with Crippen LogP contribution >= 0.6 is 0 Å². The Bertz CT molecular complexity index is 560. The van der Waals surface area contributed by atoms with Gasteiger partial charge in [0.1, 0.15) is 6.42 Å². The van der Waals surface area contributed by atoms with Crippen LogP contribution in [0, 0.1) is 0 Å². The van der Waals surface area contributed by atoms with Gasteiger partial charge >= 0.3 is 0 Å². The van der Waals surface area contributed by atoms with Gasteiger partial charge in [-0.15, -0.1) is 0 Å². The molecule has 2 amide bonds. The Balaban J connectivity index is 2.46. The molecule has 8 nitrogen and oxygen atoms in total. The van der Waals surface area contributed by atoms with Gasteiger partial charge in [0, 0.05) is 13.7 Å². The topological polar surface area (TPSA) is 98.2 Å². The van der Waals surface area contributed by atoms with E-state index in [9.17, 15) is 9.59 Å². The molecule has 2 N–H and O–H groups in total. The molecule has 0 aliphatic carbocycles. The molecule has 1 rings (SSSR count). The summed E-state index contributed by atoms with van der Waals surface area (Å²) in [4.78, 5) is 22.9. The number of hydrogen-bond acceptors (Lipinski definition) is 6. The number of amides is 2. The summed E-state index contributed by atoms with van der Waals surface area (Å²) in [5.41, 5.74) is 3.00. The first-order chi connectivity index (χ1) is 11.1. The first kappa shape index (κ1) is 18.4. The first-order valence-corrected chi connectivity index (χ1v) is 6.90. The maximum Gasteiger partial charge on any atom is 0.249 e. The number of nitrogens with zero attached hydrogens (tertiary/aromatic N) is 1. The van der Waals surface area contributed by atoms with E-state index in [1.165, 1.54) is 20.4 Å². The van der Waals surface area contributed by atoms with Crippen molar-refractivity contribution in [3.05, 3.63) is 23.8 Å². The highest BCUT2D eigenvalue weighted by Crippen LogP contribution is 2.26. The maximum absolute atomic E-state index is 11.5. The van der Waals surface area contributed by atoms with E-state index in [4.69, 9.17) is 14.2 Å². The van der Waals surface area contributed by atoms with Gasteiger partial charge < -0.3 is 19.5 Å². The SMILES string of the molecule is COCCNC(=O)CC(=O)N/N=C/c1ccc(OC)c(OC)c1. The zero-order valence-electron chi connectivity index (χ0n) is 13.4. The zero-order chi connectivity index (χ0) is 17.1. The van der Waals surface area contributed by atoms with E-state index in [-0.39, 0.29) is 12.3 Å². The predicted octanol–water partition coefficient (Wildman–Crippen LogP) is 0.307. The van der Waals surface area contributed by atoms with E-state index in [1.807, 2.05) is 0 Å². The normalized spacial score (nSPS) is 10.4. The summed E-state index contributed by atoms with van der Waals surface area (Å²) < 4.78 is 15.1. The minimum atomic E-state index is -0.503. The van der Waals surface area contributed by atoms with Gasteiger partial charge in [-0.2, -0.15) is 5.10 Å². The molecule has 0 atom stereocenters. The van der Waals surface area contributed by atoms with Crippen LogP contribution in [-0.2, 0) is 14.3 Å². The van der Waals surface area contributed by atoms with Gasteiger partial charge in [-0.25, -0.2) is 5.43 Å². The van der Waals surface area contributed by atoms with Gasteiger partial charge in [0.25, 0.3) is 0 Å². The lowest BCUT2D eigenvalue weighted by molar-refractivity contribution is -0.129. The molecule has 0 saturated heterocycles. The lowest BCUT2D eigenvalue weighted by Gasteiger charge is -2.07. The molecule has 0 unspecified atom stereocenters. The zero-order valence-corrected chi connectivity index (χ0v) is 13.4. The lowest BCUT2D eigenvalue weighted by Crippen LogP contribution is -2.31. The second-order valence-corrected chi connectivity index (χ2v) is 4.43. The van der Waals surface area contributed by atoms with Crippen molar-refractivity contribution in [3.63, 3.8) is 0 Å². The van der Waals surface area contributed by atoms with Gasteiger partial charge in [0.15, 0.2) is 11.5 Å². The average molecular weight is 323 g/mol. The summed E-state index contributed by atoms with van der Waals surface area (Å²) in [7, 11) is 4.61. The fourth-order valence-corrected chi connectivity index (χ4v) is 1.65. The van der Waals surface area contributed by atoms with Crippen molar-refractivity contribution >= 4 is 18.0 Å². The highest BCUT2D eigenvalue weighted by atomic mass is 16.5. The van der Waals surface area contributed by atoms with Crippen LogP contribution in [0.4, 0.5) is 0 Å². The third-order valence-corrected chi connectivity index (χ3v) is 2.76. The Kier molecular flexibility index (Phi) is 8.16. The third kappa shape index (κ3) is 6.79. The van der Waals surface area contributed by atoms with Crippen LogP contribution < -0.4 is 20.2 Å². The molecule has 8 heteroatoms. The highest BCUT2D eigenvalue weighted by Gasteiger charge is 2.08. The molecule has 0 aromatic heterocycles. The van der Waals surface area contributed by atoms with Crippen LogP contribution in [0.1, 0.15) is 12.0 Å². The van der Waals surface area contributed by atoms with Crippen molar-refractivity contribution in [1.82, 2.24) is 10.7 Å². The molecular formula is C15H21N3O5. The number of carbonyl (C=O) groups excluding carboxylic acids is 2. The molecule has 1 aromatic rings. The Morgan fingerprint density at radius 3 is 2.52 bits per heavy atom. The van der Waals surface area contributed by atoms with Crippen molar-refractivity contribution in [3.8, 4) is 11.5 Å². The van der Waals surface area contributed by atoms with E-state index in [0.29, 0.717) is 30.2 Å². The Morgan fingerprint density at radius 1 is 1.13 bits per heavy atom. The fourth-order valence-electron chi connectivity index (χ4n) is 1.65. The molecule has 1 aromatic carbocycles. The van der Waals surface area contributed by atoms with E-state index in [0.717, 1.165) is 0 Å². The molecule has 0 radical (unpaired) electrons. The average Bonchev–Trinajstić information content (AvgIpc) is 2.54. The van der Waals surface area contributed by atoms with Gasteiger partial charge in [0.05, 0.1) is 27.0 Å². The number of hydrogen-bond donors (Lipinski definition) is 2. The summed E-state index contributed by atoms with van der Waals surface area (Å²) in [6, 6.07) is 5.20. The molecular weight excluding hydrogens is 302 g/mol. The summed E-state index contributed by atoms with van der Waals surface area (Å²) in [6.45, 7) is 0.752. The van der Waals surface area contributed by atoms with Crippen LogP contribution in [0.15, 0.2) is 23.3 Å². The van der Waals surface area contributed by atoms with E-state index in [1.54, 1.807) is 25.3 Å². The molecule has 0 fully saturated rings. The molecule has 126 valence electrons. The third-order valence-electron chi connectivity index (χ3n) is 2.76. The largest absolute Gasteiger partial charge is 0.493 e. The monoisotopic (exact) mass is 323 g/mol. The summed E-state index contributed by atoms with van der Waals surface area (Å²) >= 11 is 0. The van der Waals surface area contributed by atoms with Gasteiger partial charge in [0.2, 0.25) is 11.8 Å². The van der Waals surface area contributed by atoms with Gasteiger partial charge in [-0.05, 0) is 23.8 Å². The molecule has 0 aliphatic rings. The summed E-state index contributed by atoms with van der Waals surface area (Å²) in [5.74, 6) is 0.263. The van der Waals surface area contributed by atoms with Crippen LogP contribution in [0.3, 0.4) is 0 Å². The second-order valence-electron chi connectivity index (χ2n) is 4.43. The van der Waals surface area contributed by atoms with Crippen molar-refractivity contribution < 1.29 is 23.8 Å². The lowest BCUT2D eigenvalue weighted by atomic mass is 10.2. The Hall–Kier alpha value is -2.61. The van der Waals surface area contributed by atoms with E-state index < -0.39 is 5.91 Å². The van der Waals surface area contributed by atoms with Crippen LogP contribution in [0.25, 0.3) is 0 Å². The summed E-state index contributed by atoms with van der Waals surface area (Å²) in [5, 5.41) is 6.34. The number of hydrazone groups is 1. The maximum atomic E-state index is 11.5. The molecule has 0 heterocycles. The van der Waals surface area contributed by atoms with Crippen molar-refractivity contribution in [2.45, 2.75) is 6.42 Å². The van der Waals surface area contributed by atoms with Gasteiger partial charge in [-0.3, -0.25) is 9.59 Å². The van der Waals surface area contributed by atoms with Crippen LogP contribution in [0.2, 0.25) is 0 Å². The number of benzene rings is 1. The number of methoxy groups -OCH3 is 3. The predicted molar refractivity (Wildman–Crippen MR) is 84.8 cm³/mol. The standard InChI is InChI=1S/C15H21N3O5/c1-21-7-6-16-14(19)9-15(20)18-17-10-11-4-5-12(22-2)13(8-11)23-3/h4-5,8,10H,6-7,9H2,1-3H3,(H,16,19)(H,18,20)/b17-10+. The molecule has 0 bridgehead atoms. The second kappa shape index (κ2) is 10.2. The minimum Gasteiger partial charge on any atom is -0.493 e. The van der Waals surface area contributed by atoms with Crippen molar-refractivity contribution in [1.29, 1.82) is 0 Å². The van der Waals surface area contributed by atoms with Crippen molar-refractivity contribution in [2.75, 3.05) is 34.5 Å². The van der Waals surface area contributed by atoms with Gasteiger partial charge in [-0.1, -0.05) is 0 Å². The number of rotatable bonds is 9. The van der Waals surface area contributed by atoms with Crippen LogP contribution in [0.5, 0.6) is 11.5 Å². The number of carbonyl (C=O) groups is 2. The number of nitrogens with one attached hydrogen (secondary N) is 2. The Morgan fingerprint density at radius 2 is 1.87 bits per heavy atom. The smallest absolute Gasteiger partial charge is 0.249 e. The minimum absolute atomic E-state index is 0.299. The van der Waals surface area contributed by atoms with E-state index in [2.05, 4.69) is 15.8 Å². The van der Waals surface area contributed by atoms with E-state index >= 15 is 0 Å². The number of ether oxygens (including phenoxy) is 3. The fraction of sp³-hybridized carbons (Fsp3) is 0.400. The first-order valence-electron chi connectivity index (χ1n) is 6.90. The van der Waals surface area contributed by atoms with Crippen molar-refractivity contribution in [2.24, 2.45) is 5.10 Å². The molecule has 0 aliphatic heterocycles. The summed E-state index contributed by atoms with van der Waals surface area (Å²) in [6.07, 6.45) is 1.15. The highest BCUT2D eigenvalue weighted by molar-refractivity contribution is 5.97. The molecule has 23 heavy (non-hydrogen) atoms. The quantitative estimate of drug-likeness (QED) is 0.295. The molecule has 0 saturated carbocycles. The molecule has 0 spiro atoms. The van der Waals surface area contributed by atoms with Crippen LogP contribution in [-0.4, -0.2) is 52.5 Å².